The molecule has 0 saturated carbocycles. The van der Waals surface area contributed by atoms with Crippen LogP contribution < -0.4 is 5.32 Å². The maximum absolute atomic E-state index is 13.3. The Hall–Kier alpha value is -3.33. The van der Waals surface area contributed by atoms with E-state index in [4.69, 9.17) is 9.72 Å². The number of fused-ring (bicyclic) bond motifs is 2. The summed E-state index contributed by atoms with van der Waals surface area (Å²) >= 11 is 3.22. The van der Waals surface area contributed by atoms with Crippen molar-refractivity contribution in [2.24, 2.45) is 11.3 Å². The van der Waals surface area contributed by atoms with E-state index in [1.807, 2.05) is 24.3 Å². The van der Waals surface area contributed by atoms with Crippen molar-refractivity contribution in [3.63, 3.8) is 0 Å². The average Bonchev–Trinajstić information content (AvgIpc) is 2.81. The lowest BCUT2D eigenvalue weighted by atomic mass is 9.70. The summed E-state index contributed by atoms with van der Waals surface area (Å²) < 4.78 is 5.81. The van der Waals surface area contributed by atoms with Crippen molar-refractivity contribution in [2.45, 2.75) is 40.0 Å². The average molecular weight is 540 g/mol. The summed E-state index contributed by atoms with van der Waals surface area (Å²) in [5.74, 6) is -0.715. The molecule has 1 atom stereocenters. The first-order chi connectivity index (χ1) is 16.5. The Bertz CT molecular complexity index is 1330. The van der Waals surface area contributed by atoms with E-state index in [1.54, 1.807) is 0 Å². The minimum atomic E-state index is -0.563. The summed E-state index contributed by atoms with van der Waals surface area (Å²) in [6.07, 6.45) is 2.52. The predicted molar refractivity (Wildman–Crippen MR) is 136 cm³/mol. The Labute approximate surface area is 211 Å². The molecule has 8 nitrogen and oxygen atoms in total. The topological polar surface area (TPSA) is 111 Å². The summed E-state index contributed by atoms with van der Waals surface area (Å²) in [6, 6.07) is 11.5. The van der Waals surface area contributed by atoms with E-state index >= 15 is 0 Å². The number of anilines is 1. The fourth-order valence-corrected chi connectivity index (χ4v) is 4.94. The van der Waals surface area contributed by atoms with E-state index in [1.165, 1.54) is 18.2 Å². The second-order valence-corrected chi connectivity index (χ2v) is 10.6. The number of non-ortho nitro benzene ring substituents is 1. The van der Waals surface area contributed by atoms with Crippen LogP contribution in [0.3, 0.4) is 0 Å². The van der Waals surface area contributed by atoms with Crippen molar-refractivity contribution in [3.8, 4) is 0 Å². The van der Waals surface area contributed by atoms with Crippen molar-refractivity contribution in [2.75, 3.05) is 11.9 Å². The Morgan fingerprint density at radius 3 is 2.66 bits per heavy atom. The van der Waals surface area contributed by atoms with Crippen molar-refractivity contribution >= 4 is 50.1 Å². The number of carbonyl (C=O) groups is 2. The van der Waals surface area contributed by atoms with Crippen molar-refractivity contribution in [1.82, 2.24) is 4.98 Å². The van der Waals surface area contributed by atoms with Crippen molar-refractivity contribution in [3.05, 3.63) is 73.9 Å². The maximum atomic E-state index is 13.3. The van der Waals surface area contributed by atoms with E-state index in [-0.39, 0.29) is 11.1 Å². The molecule has 1 unspecified atom stereocenters. The third-order valence-corrected chi connectivity index (χ3v) is 7.12. The van der Waals surface area contributed by atoms with E-state index in [0.29, 0.717) is 27.0 Å². The first-order valence-electron chi connectivity index (χ1n) is 11.4. The molecule has 1 aliphatic rings. The number of aromatic nitrogens is 1. The highest BCUT2D eigenvalue weighted by Gasteiger charge is 2.33. The highest BCUT2D eigenvalue weighted by atomic mass is 79.9. The van der Waals surface area contributed by atoms with Gasteiger partial charge in [-0.25, -0.2) is 4.79 Å². The van der Waals surface area contributed by atoms with E-state index in [9.17, 15) is 19.7 Å². The van der Waals surface area contributed by atoms with Gasteiger partial charge in [0.05, 0.1) is 21.7 Å². The number of esters is 1. The molecule has 0 spiro atoms. The van der Waals surface area contributed by atoms with E-state index in [0.717, 1.165) is 36.0 Å². The zero-order chi connectivity index (χ0) is 25.3. The molecule has 0 aliphatic heterocycles. The van der Waals surface area contributed by atoms with Crippen LogP contribution in [-0.4, -0.2) is 28.4 Å². The Morgan fingerprint density at radius 2 is 1.97 bits per heavy atom. The number of carbonyl (C=O) groups excluding carboxylic acids is 2. The van der Waals surface area contributed by atoms with Gasteiger partial charge in [-0.2, -0.15) is 0 Å². The van der Waals surface area contributed by atoms with Gasteiger partial charge in [0.25, 0.3) is 11.6 Å². The molecule has 4 rings (SSSR count). The number of hydrogen-bond acceptors (Lipinski definition) is 6. The zero-order valence-corrected chi connectivity index (χ0v) is 21.3. The molecule has 3 aromatic rings. The molecule has 9 heteroatoms. The molecule has 1 aliphatic carbocycles. The minimum absolute atomic E-state index is 0.0859. The molecule has 35 heavy (non-hydrogen) atoms. The van der Waals surface area contributed by atoms with Crippen LogP contribution in [0.5, 0.6) is 0 Å². The van der Waals surface area contributed by atoms with Gasteiger partial charge in [-0.3, -0.25) is 19.9 Å². The molecule has 1 amide bonds. The highest BCUT2D eigenvalue weighted by Crippen LogP contribution is 2.39. The molecule has 0 bridgehead atoms. The quantitative estimate of drug-likeness (QED) is 0.247. The fourth-order valence-electron chi connectivity index (χ4n) is 4.47. The first-order valence-corrected chi connectivity index (χ1v) is 12.2. The van der Waals surface area contributed by atoms with Crippen molar-refractivity contribution in [1.29, 1.82) is 0 Å². The number of halogens is 1. The van der Waals surface area contributed by atoms with Crippen LogP contribution in [0.2, 0.25) is 0 Å². The van der Waals surface area contributed by atoms with Gasteiger partial charge in [-0.05, 0) is 64.2 Å². The summed E-state index contributed by atoms with van der Waals surface area (Å²) in [7, 11) is 0. The summed E-state index contributed by atoms with van der Waals surface area (Å²) in [5, 5.41) is 14.2. The second kappa shape index (κ2) is 9.73. The van der Waals surface area contributed by atoms with Crippen LogP contribution >= 0.6 is 15.9 Å². The second-order valence-electron chi connectivity index (χ2n) is 9.78. The minimum Gasteiger partial charge on any atom is -0.452 e. The number of aryl methyl sites for hydroxylation is 1. The molecule has 182 valence electrons. The number of nitrogens with zero attached hydrogens (tertiary/aromatic N) is 2. The van der Waals surface area contributed by atoms with Crippen LogP contribution in [0, 0.1) is 21.4 Å². The lowest BCUT2D eigenvalue weighted by Gasteiger charge is -2.35. The number of ether oxygens (including phenoxy) is 1. The molecular formula is C26H26BrN3O5. The number of nitro groups is 1. The molecule has 0 fully saturated rings. The van der Waals surface area contributed by atoms with Crippen LogP contribution in [0.25, 0.3) is 10.9 Å². The van der Waals surface area contributed by atoms with Gasteiger partial charge in [-0.1, -0.05) is 39.0 Å². The lowest BCUT2D eigenvalue weighted by Crippen LogP contribution is -2.29. The highest BCUT2D eigenvalue weighted by molar-refractivity contribution is 9.10. The Balaban J connectivity index is 1.56. The number of nitrogens with one attached hydrogen (secondary N) is 1. The van der Waals surface area contributed by atoms with Gasteiger partial charge in [0.1, 0.15) is 0 Å². The van der Waals surface area contributed by atoms with Gasteiger partial charge in [0.15, 0.2) is 6.61 Å². The molecule has 0 radical (unpaired) electrons. The molecule has 0 saturated heterocycles. The summed E-state index contributed by atoms with van der Waals surface area (Å²) in [5.41, 5.74) is 3.34. The Morgan fingerprint density at radius 1 is 1.23 bits per heavy atom. The van der Waals surface area contributed by atoms with Gasteiger partial charge < -0.3 is 10.1 Å². The summed E-state index contributed by atoms with van der Waals surface area (Å²) in [6.45, 7) is 6.12. The summed E-state index contributed by atoms with van der Waals surface area (Å²) in [4.78, 5) is 41.0. The van der Waals surface area contributed by atoms with E-state index < -0.39 is 23.4 Å². The standard InChI is InChI=1S/C26H26BrN3O5/c1-26(2,3)15-8-10-21-18(12-15)24(17-6-4-5-7-20(17)28-21)25(32)35-14-23(31)29-22-11-9-16(30(33)34)13-19(22)27/h4-7,9,11,13,15H,8,10,12,14H2,1-3H3,(H,29,31). The lowest BCUT2D eigenvalue weighted by molar-refractivity contribution is -0.384. The molecule has 1 aromatic heterocycles. The molecule has 1 heterocycles. The number of pyridine rings is 1. The van der Waals surface area contributed by atoms with Gasteiger partial charge in [0.2, 0.25) is 0 Å². The number of para-hydroxylation sites is 1. The Kier molecular flexibility index (Phi) is 6.89. The number of benzene rings is 2. The zero-order valence-electron chi connectivity index (χ0n) is 19.8. The molecule has 2 aromatic carbocycles. The van der Waals surface area contributed by atoms with Crippen molar-refractivity contribution < 1.29 is 19.2 Å². The molecule has 1 N–H and O–H groups in total. The largest absolute Gasteiger partial charge is 0.452 e. The first kappa shape index (κ1) is 24.8. The number of hydrogen-bond donors (Lipinski definition) is 1. The predicted octanol–water partition coefficient (Wildman–Crippen LogP) is 5.85. The smallest absolute Gasteiger partial charge is 0.339 e. The number of rotatable bonds is 5. The van der Waals surface area contributed by atoms with E-state index in [2.05, 4.69) is 42.0 Å². The van der Waals surface area contributed by atoms with Crippen LogP contribution in [0.15, 0.2) is 46.9 Å². The SMILES string of the molecule is CC(C)(C)C1CCc2nc3ccccc3c(C(=O)OCC(=O)Nc3ccc([N+](=O)[O-])cc3Br)c2C1. The third kappa shape index (κ3) is 5.35. The van der Waals surface area contributed by atoms with Crippen LogP contribution in [-0.2, 0) is 22.4 Å². The maximum Gasteiger partial charge on any atom is 0.339 e. The van der Waals surface area contributed by atoms with Gasteiger partial charge in [-0.15, -0.1) is 0 Å². The van der Waals surface area contributed by atoms with Crippen LogP contribution in [0.1, 0.15) is 48.8 Å². The number of amides is 1. The van der Waals surface area contributed by atoms with Gasteiger partial charge >= 0.3 is 5.97 Å². The normalized spacial score (nSPS) is 15.4. The third-order valence-electron chi connectivity index (χ3n) is 6.46. The fraction of sp³-hybridized carbons (Fsp3) is 0.346. The van der Waals surface area contributed by atoms with Crippen LogP contribution in [0.4, 0.5) is 11.4 Å². The number of nitro benzene ring substituents is 1. The molecular weight excluding hydrogens is 514 g/mol. The van der Waals surface area contributed by atoms with Gasteiger partial charge in [0, 0.05) is 27.7 Å². The monoisotopic (exact) mass is 539 g/mol.